The van der Waals surface area contributed by atoms with E-state index in [1.54, 1.807) is 13.8 Å². The van der Waals surface area contributed by atoms with E-state index in [4.69, 9.17) is 0 Å². The average Bonchev–Trinajstić information content (AvgIpc) is 2.50. The lowest BCUT2D eigenvalue weighted by molar-refractivity contribution is -0.386. The Bertz CT molecular complexity index is 883. The molecule has 0 aliphatic carbocycles. The van der Waals surface area contributed by atoms with E-state index < -0.39 is 0 Å². The van der Waals surface area contributed by atoms with E-state index in [2.05, 4.69) is 41.5 Å². The molecule has 1 N–H and O–H groups in total. The van der Waals surface area contributed by atoms with Crippen molar-refractivity contribution in [2.45, 2.75) is 66.2 Å². The molecule has 0 spiro atoms. The summed E-state index contributed by atoms with van der Waals surface area (Å²) < 4.78 is 0. The van der Waals surface area contributed by atoms with Gasteiger partial charge in [0.2, 0.25) is 0 Å². The summed E-state index contributed by atoms with van der Waals surface area (Å²) in [7, 11) is 0. The molecular weight excluding hydrogens is 350 g/mol. The Kier molecular flexibility index (Phi) is 5.74. The zero-order valence-corrected chi connectivity index (χ0v) is 18.2. The molecule has 0 radical (unpaired) electrons. The smallest absolute Gasteiger partial charge is 0.275 e. The number of aromatic hydroxyl groups is 1. The Balaban J connectivity index is 2.56. The molecule has 0 aromatic heterocycles. The fraction of sp³-hybridized carbons (Fsp3) is 0.417. The van der Waals surface area contributed by atoms with Crippen molar-refractivity contribution in [1.82, 2.24) is 0 Å². The van der Waals surface area contributed by atoms with E-state index in [9.17, 15) is 15.2 Å². The minimum atomic E-state index is -0.330. The molecule has 0 unspecified atom stereocenters. The number of rotatable bonds is 3. The topological polar surface area (TPSA) is 63.4 Å². The van der Waals surface area contributed by atoms with E-state index in [0.717, 1.165) is 22.3 Å². The Morgan fingerprint density at radius 2 is 1.18 bits per heavy atom. The molecular formula is C24H31NO3. The van der Waals surface area contributed by atoms with Crippen molar-refractivity contribution in [2.24, 2.45) is 0 Å². The third kappa shape index (κ3) is 4.61. The zero-order valence-electron chi connectivity index (χ0n) is 18.2. The second-order valence-corrected chi connectivity index (χ2v) is 9.56. The predicted molar refractivity (Wildman–Crippen MR) is 117 cm³/mol. The maximum atomic E-state index is 11.2. The highest BCUT2D eigenvalue weighted by Crippen LogP contribution is 2.40. The van der Waals surface area contributed by atoms with Crippen molar-refractivity contribution in [3.63, 3.8) is 0 Å². The third-order valence-electron chi connectivity index (χ3n) is 4.91. The van der Waals surface area contributed by atoms with Gasteiger partial charge in [-0.25, -0.2) is 0 Å². The molecule has 28 heavy (non-hydrogen) atoms. The quantitative estimate of drug-likeness (QED) is 0.366. The highest BCUT2D eigenvalue weighted by Gasteiger charge is 2.26. The lowest BCUT2D eigenvalue weighted by Gasteiger charge is -2.27. The first-order valence-corrected chi connectivity index (χ1v) is 9.53. The Morgan fingerprint density at radius 3 is 1.50 bits per heavy atom. The highest BCUT2D eigenvalue weighted by molar-refractivity contribution is 5.73. The van der Waals surface area contributed by atoms with Gasteiger partial charge in [0, 0.05) is 22.3 Å². The Labute approximate surface area is 168 Å². The van der Waals surface area contributed by atoms with Crippen LogP contribution in [0.25, 0.3) is 12.2 Å². The molecule has 2 aromatic carbocycles. The standard InChI is InChI=1S/C24H31NO3/c1-15-11-17(12-16(2)21(15)25(27)28)9-10-18-13-19(23(3,4)5)22(26)20(14-18)24(6,7)8/h9-14,26H,1-8H3. The molecule has 4 heteroatoms. The molecule has 4 nitrogen and oxygen atoms in total. The van der Waals surface area contributed by atoms with Gasteiger partial charge < -0.3 is 5.11 Å². The van der Waals surface area contributed by atoms with Crippen LogP contribution in [0.4, 0.5) is 5.69 Å². The van der Waals surface area contributed by atoms with Crippen LogP contribution in [0, 0.1) is 24.0 Å². The van der Waals surface area contributed by atoms with Crippen molar-refractivity contribution in [2.75, 3.05) is 0 Å². The highest BCUT2D eigenvalue weighted by atomic mass is 16.6. The molecule has 0 saturated heterocycles. The van der Waals surface area contributed by atoms with Crippen LogP contribution in [0.1, 0.15) is 74.9 Å². The van der Waals surface area contributed by atoms with E-state index in [1.165, 1.54) is 0 Å². The molecule has 150 valence electrons. The largest absolute Gasteiger partial charge is 0.507 e. The normalized spacial score (nSPS) is 12.6. The monoisotopic (exact) mass is 381 g/mol. The van der Waals surface area contributed by atoms with Gasteiger partial charge in [-0.05, 0) is 60.1 Å². The van der Waals surface area contributed by atoms with Gasteiger partial charge in [-0.2, -0.15) is 0 Å². The summed E-state index contributed by atoms with van der Waals surface area (Å²) in [5.41, 5.74) is 4.85. The second-order valence-electron chi connectivity index (χ2n) is 9.56. The van der Waals surface area contributed by atoms with Crippen molar-refractivity contribution >= 4 is 17.8 Å². The average molecular weight is 382 g/mol. The van der Waals surface area contributed by atoms with Gasteiger partial charge >= 0.3 is 0 Å². The number of hydrogen-bond acceptors (Lipinski definition) is 3. The molecule has 0 aliphatic heterocycles. The van der Waals surface area contributed by atoms with Gasteiger partial charge in [-0.3, -0.25) is 10.1 Å². The molecule has 2 aromatic rings. The number of phenols is 1. The first kappa shape index (κ1) is 21.7. The van der Waals surface area contributed by atoms with E-state index >= 15 is 0 Å². The van der Waals surface area contributed by atoms with Gasteiger partial charge in [0.25, 0.3) is 5.69 Å². The van der Waals surface area contributed by atoms with Crippen LogP contribution in [0.15, 0.2) is 24.3 Å². The van der Waals surface area contributed by atoms with Gasteiger partial charge in [-0.1, -0.05) is 53.7 Å². The number of aryl methyl sites for hydroxylation is 2. The summed E-state index contributed by atoms with van der Waals surface area (Å²) in [6.45, 7) is 16.1. The maximum absolute atomic E-state index is 11.2. The fourth-order valence-corrected chi connectivity index (χ4v) is 3.46. The molecule has 0 aliphatic rings. The van der Waals surface area contributed by atoms with Crippen molar-refractivity contribution in [1.29, 1.82) is 0 Å². The minimum absolute atomic E-state index is 0.173. The zero-order chi connectivity index (χ0) is 21.4. The number of hydrogen-bond donors (Lipinski definition) is 1. The molecule has 0 bridgehead atoms. The fourth-order valence-electron chi connectivity index (χ4n) is 3.46. The SMILES string of the molecule is Cc1cc(C=Cc2cc(C(C)(C)C)c(O)c(C(C)(C)C)c2)cc(C)c1[N+](=O)[O-]. The summed E-state index contributed by atoms with van der Waals surface area (Å²) in [5, 5.41) is 22.0. The molecule has 0 heterocycles. The van der Waals surface area contributed by atoms with Crippen molar-refractivity contribution in [3.8, 4) is 5.75 Å². The molecule has 0 fully saturated rings. The van der Waals surface area contributed by atoms with E-state index in [-0.39, 0.29) is 21.4 Å². The van der Waals surface area contributed by atoms with Crippen LogP contribution >= 0.6 is 0 Å². The van der Waals surface area contributed by atoms with Crippen LogP contribution < -0.4 is 0 Å². The molecule has 2 rings (SSSR count). The van der Waals surface area contributed by atoms with E-state index in [1.807, 2.05) is 36.4 Å². The molecule has 0 atom stereocenters. The maximum Gasteiger partial charge on any atom is 0.275 e. The van der Waals surface area contributed by atoms with E-state index in [0.29, 0.717) is 16.9 Å². The van der Waals surface area contributed by atoms with Crippen LogP contribution in [-0.2, 0) is 10.8 Å². The summed E-state index contributed by atoms with van der Waals surface area (Å²) in [6, 6.07) is 7.70. The van der Waals surface area contributed by atoms with Crippen LogP contribution in [-0.4, -0.2) is 10.0 Å². The number of phenolic OH excluding ortho intramolecular Hbond substituents is 1. The third-order valence-corrected chi connectivity index (χ3v) is 4.91. The van der Waals surface area contributed by atoms with Crippen molar-refractivity contribution < 1.29 is 10.0 Å². The van der Waals surface area contributed by atoms with Gasteiger partial charge in [0.1, 0.15) is 5.75 Å². The summed E-state index contributed by atoms with van der Waals surface area (Å²) in [5.74, 6) is 0.360. The number of nitro benzene ring substituents is 1. The van der Waals surface area contributed by atoms with Gasteiger partial charge in [-0.15, -0.1) is 0 Å². The summed E-state index contributed by atoms with van der Waals surface area (Å²) >= 11 is 0. The summed E-state index contributed by atoms with van der Waals surface area (Å²) in [4.78, 5) is 10.9. The Morgan fingerprint density at radius 1 is 0.821 bits per heavy atom. The number of benzene rings is 2. The minimum Gasteiger partial charge on any atom is -0.507 e. The molecule has 0 saturated carbocycles. The Hall–Kier alpha value is -2.62. The van der Waals surface area contributed by atoms with Gasteiger partial charge in [0.05, 0.1) is 4.92 Å². The van der Waals surface area contributed by atoms with Gasteiger partial charge in [0.15, 0.2) is 0 Å². The van der Waals surface area contributed by atoms with Crippen LogP contribution in [0.5, 0.6) is 5.75 Å². The molecule has 0 amide bonds. The first-order chi connectivity index (χ1) is 12.7. The second kappa shape index (κ2) is 7.42. The first-order valence-electron chi connectivity index (χ1n) is 9.53. The lowest BCUT2D eigenvalue weighted by Crippen LogP contribution is -2.17. The predicted octanol–water partition coefficient (Wildman–Crippen LogP) is 6.68. The van der Waals surface area contributed by atoms with Crippen molar-refractivity contribution in [3.05, 3.63) is 67.8 Å². The number of nitro groups is 1. The summed E-state index contributed by atoms with van der Waals surface area (Å²) in [6.07, 6.45) is 3.97. The van der Waals surface area contributed by atoms with Crippen LogP contribution in [0.2, 0.25) is 0 Å². The van der Waals surface area contributed by atoms with Crippen LogP contribution in [0.3, 0.4) is 0 Å². The number of nitrogens with zero attached hydrogens (tertiary/aromatic N) is 1. The lowest BCUT2D eigenvalue weighted by atomic mass is 9.78.